The molecule has 1 rings (SSSR count). The molecule has 6 nitrogen and oxygen atoms in total. The number of rotatable bonds is 5. The highest BCUT2D eigenvalue weighted by Crippen LogP contribution is 2.18. The lowest BCUT2D eigenvalue weighted by Crippen LogP contribution is -2.26. The molecule has 0 heterocycles. The van der Waals surface area contributed by atoms with Gasteiger partial charge in [0.2, 0.25) is 15.9 Å². The molecule has 0 aromatic heterocycles. The van der Waals surface area contributed by atoms with Crippen molar-refractivity contribution in [2.75, 3.05) is 18.4 Å². The Bertz CT molecular complexity index is 499. The summed E-state index contributed by atoms with van der Waals surface area (Å²) in [6, 6.07) is 6.34. The number of sulfonamides is 1. The minimum absolute atomic E-state index is 0.0443. The van der Waals surface area contributed by atoms with E-state index in [4.69, 9.17) is 5.14 Å². The van der Waals surface area contributed by atoms with E-state index in [1.54, 1.807) is 18.2 Å². The highest BCUT2D eigenvalue weighted by Gasteiger charge is 2.12. The third-order valence-corrected chi connectivity index (χ3v) is 2.98. The fourth-order valence-corrected chi connectivity index (χ4v) is 2.01. The number of nitrogens with one attached hydrogen (secondary N) is 2. The van der Waals surface area contributed by atoms with Gasteiger partial charge in [-0.15, -0.1) is 0 Å². The zero-order valence-electron chi connectivity index (χ0n) is 9.43. The second-order valence-corrected chi connectivity index (χ2v) is 4.98. The van der Waals surface area contributed by atoms with Gasteiger partial charge in [0.15, 0.2) is 0 Å². The maximum absolute atomic E-state index is 11.3. The van der Waals surface area contributed by atoms with Crippen LogP contribution >= 0.6 is 0 Å². The number of carbonyl (C=O) groups is 1. The molecular weight excluding hydrogens is 242 g/mol. The van der Waals surface area contributed by atoms with Crippen LogP contribution in [0.1, 0.15) is 6.92 Å². The Morgan fingerprint density at radius 1 is 1.29 bits per heavy atom. The lowest BCUT2D eigenvalue weighted by Gasteiger charge is -2.10. The van der Waals surface area contributed by atoms with Gasteiger partial charge < -0.3 is 10.6 Å². The van der Waals surface area contributed by atoms with Gasteiger partial charge in [-0.1, -0.05) is 12.1 Å². The molecule has 0 saturated heterocycles. The van der Waals surface area contributed by atoms with Crippen molar-refractivity contribution < 1.29 is 13.2 Å². The molecule has 0 radical (unpaired) electrons. The molecule has 0 atom stereocenters. The quantitative estimate of drug-likeness (QED) is 0.640. The van der Waals surface area contributed by atoms with Crippen LogP contribution in [-0.4, -0.2) is 27.4 Å². The summed E-state index contributed by atoms with van der Waals surface area (Å²) < 4.78 is 22.5. The minimum atomic E-state index is -3.74. The van der Waals surface area contributed by atoms with Crippen molar-refractivity contribution in [3.8, 4) is 0 Å². The highest BCUT2D eigenvalue weighted by atomic mass is 32.2. The van der Waals surface area contributed by atoms with Crippen LogP contribution in [-0.2, 0) is 14.8 Å². The number of nitrogens with two attached hydrogens (primary N) is 1. The van der Waals surface area contributed by atoms with Gasteiger partial charge in [0.05, 0.1) is 5.69 Å². The summed E-state index contributed by atoms with van der Waals surface area (Å²) in [5, 5.41) is 10.6. The number of hydrogen-bond acceptors (Lipinski definition) is 4. The third-order valence-electron chi connectivity index (χ3n) is 2.01. The van der Waals surface area contributed by atoms with Gasteiger partial charge in [-0.05, 0) is 12.1 Å². The molecule has 94 valence electrons. The molecule has 1 aromatic rings. The smallest absolute Gasteiger partial charge is 0.240 e. The van der Waals surface area contributed by atoms with Gasteiger partial charge in [0.1, 0.15) is 4.90 Å². The van der Waals surface area contributed by atoms with E-state index in [0.29, 0.717) is 18.8 Å². The van der Waals surface area contributed by atoms with Crippen molar-refractivity contribution in [3.05, 3.63) is 24.3 Å². The van der Waals surface area contributed by atoms with E-state index < -0.39 is 10.0 Å². The Morgan fingerprint density at radius 2 is 1.94 bits per heavy atom. The molecule has 0 aliphatic carbocycles. The Kier molecular flexibility index (Phi) is 4.47. The minimum Gasteiger partial charge on any atom is -0.382 e. The fourth-order valence-electron chi connectivity index (χ4n) is 1.30. The van der Waals surface area contributed by atoms with E-state index in [0.717, 1.165) is 0 Å². The first kappa shape index (κ1) is 13.5. The zero-order chi connectivity index (χ0) is 12.9. The molecule has 0 unspecified atom stereocenters. The Hall–Kier alpha value is -1.60. The standard InChI is InChI=1S/C10H15N3O3S/c1-8(14)12-6-7-13-9-4-2-3-5-10(9)17(11,15)16/h2-5,13H,6-7H2,1H3,(H,12,14)(H2,11,15,16). The number of anilines is 1. The second-order valence-electron chi connectivity index (χ2n) is 3.45. The summed E-state index contributed by atoms with van der Waals surface area (Å²) in [5.41, 5.74) is 0.431. The van der Waals surface area contributed by atoms with E-state index in [2.05, 4.69) is 10.6 Å². The maximum atomic E-state index is 11.3. The number of primary sulfonamides is 1. The molecule has 0 aliphatic heterocycles. The van der Waals surface area contributed by atoms with Crippen LogP contribution in [0.5, 0.6) is 0 Å². The third kappa shape index (κ3) is 4.41. The van der Waals surface area contributed by atoms with Crippen LogP contribution < -0.4 is 15.8 Å². The molecule has 0 spiro atoms. The SMILES string of the molecule is CC(=O)NCCNc1ccccc1S(N)(=O)=O. The van der Waals surface area contributed by atoms with Crippen molar-refractivity contribution in [1.82, 2.24) is 5.32 Å². The van der Waals surface area contributed by atoms with Crippen LogP contribution in [0.3, 0.4) is 0 Å². The number of amides is 1. The predicted octanol–water partition coefficient (Wildman–Crippen LogP) is -0.118. The summed E-state index contributed by atoms with van der Waals surface area (Å²) in [7, 11) is -3.74. The molecule has 17 heavy (non-hydrogen) atoms. The molecule has 0 saturated carbocycles. The average molecular weight is 257 g/mol. The predicted molar refractivity (Wildman–Crippen MR) is 65.0 cm³/mol. The van der Waals surface area contributed by atoms with Crippen molar-refractivity contribution in [3.63, 3.8) is 0 Å². The van der Waals surface area contributed by atoms with Crippen LogP contribution in [0, 0.1) is 0 Å². The van der Waals surface area contributed by atoms with E-state index >= 15 is 0 Å². The summed E-state index contributed by atoms with van der Waals surface area (Å²) in [6.45, 7) is 2.25. The Morgan fingerprint density at radius 3 is 2.53 bits per heavy atom. The van der Waals surface area contributed by atoms with Crippen LogP contribution in [0.15, 0.2) is 29.2 Å². The highest BCUT2D eigenvalue weighted by molar-refractivity contribution is 7.89. The lowest BCUT2D eigenvalue weighted by atomic mass is 10.3. The van der Waals surface area contributed by atoms with E-state index in [9.17, 15) is 13.2 Å². The molecule has 7 heteroatoms. The van der Waals surface area contributed by atoms with Gasteiger partial charge >= 0.3 is 0 Å². The molecule has 1 amide bonds. The van der Waals surface area contributed by atoms with Crippen molar-refractivity contribution in [2.45, 2.75) is 11.8 Å². The topological polar surface area (TPSA) is 101 Å². The zero-order valence-corrected chi connectivity index (χ0v) is 10.3. The van der Waals surface area contributed by atoms with Crippen molar-refractivity contribution in [2.24, 2.45) is 5.14 Å². The Balaban J connectivity index is 2.68. The van der Waals surface area contributed by atoms with E-state index in [-0.39, 0.29) is 10.8 Å². The molecule has 4 N–H and O–H groups in total. The summed E-state index contributed by atoms with van der Waals surface area (Å²) in [5.74, 6) is -0.133. The van der Waals surface area contributed by atoms with Gasteiger partial charge in [-0.25, -0.2) is 13.6 Å². The largest absolute Gasteiger partial charge is 0.382 e. The number of benzene rings is 1. The lowest BCUT2D eigenvalue weighted by molar-refractivity contribution is -0.118. The second kappa shape index (κ2) is 5.65. The monoisotopic (exact) mass is 257 g/mol. The molecular formula is C10H15N3O3S. The average Bonchev–Trinajstić information content (AvgIpc) is 2.23. The Labute approximate surface area is 100 Å². The van der Waals surface area contributed by atoms with Gasteiger partial charge in [-0.3, -0.25) is 4.79 Å². The fraction of sp³-hybridized carbons (Fsp3) is 0.300. The maximum Gasteiger partial charge on any atom is 0.240 e. The normalized spacial score (nSPS) is 10.9. The van der Waals surface area contributed by atoms with Crippen LogP contribution in [0.25, 0.3) is 0 Å². The summed E-state index contributed by atoms with van der Waals surface area (Å²) in [4.78, 5) is 10.7. The first-order valence-electron chi connectivity index (χ1n) is 5.01. The summed E-state index contributed by atoms with van der Waals surface area (Å²) in [6.07, 6.45) is 0. The van der Waals surface area contributed by atoms with E-state index in [1.165, 1.54) is 13.0 Å². The van der Waals surface area contributed by atoms with E-state index in [1.807, 2.05) is 0 Å². The number of para-hydroxylation sites is 1. The molecule has 0 fully saturated rings. The van der Waals surface area contributed by atoms with Gasteiger partial charge in [0, 0.05) is 20.0 Å². The van der Waals surface area contributed by atoms with Crippen molar-refractivity contribution in [1.29, 1.82) is 0 Å². The van der Waals surface area contributed by atoms with Gasteiger partial charge in [-0.2, -0.15) is 0 Å². The molecule has 0 bridgehead atoms. The van der Waals surface area contributed by atoms with Crippen molar-refractivity contribution >= 4 is 21.6 Å². The first-order valence-corrected chi connectivity index (χ1v) is 6.56. The van der Waals surface area contributed by atoms with Crippen LogP contribution in [0.4, 0.5) is 5.69 Å². The van der Waals surface area contributed by atoms with Crippen LogP contribution in [0.2, 0.25) is 0 Å². The molecule has 1 aromatic carbocycles. The number of carbonyl (C=O) groups excluding carboxylic acids is 1. The first-order chi connectivity index (χ1) is 7.91. The number of hydrogen-bond donors (Lipinski definition) is 3. The van der Waals surface area contributed by atoms with Gasteiger partial charge in [0.25, 0.3) is 0 Å². The summed E-state index contributed by atoms with van der Waals surface area (Å²) >= 11 is 0. The molecule has 0 aliphatic rings.